The van der Waals surface area contributed by atoms with E-state index in [1.54, 1.807) is 12.1 Å². The summed E-state index contributed by atoms with van der Waals surface area (Å²) in [5.74, 6) is 0.444. The number of pyridine rings is 1. The third-order valence-electron chi connectivity index (χ3n) is 1.91. The van der Waals surface area contributed by atoms with Crippen molar-refractivity contribution < 1.29 is 9.53 Å². The van der Waals surface area contributed by atoms with Crippen LogP contribution >= 0.6 is 0 Å². The lowest BCUT2D eigenvalue weighted by Gasteiger charge is -2.18. The second-order valence-electron chi connectivity index (χ2n) is 4.50. The number of aryl methyl sites for hydroxylation is 1. The van der Waals surface area contributed by atoms with Gasteiger partial charge in [0.05, 0.1) is 0 Å². The molecule has 1 heterocycles. The van der Waals surface area contributed by atoms with Gasteiger partial charge in [-0.05, 0) is 6.92 Å². The zero-order valence-corrected chi connectivity index (χ0v) is 9.50. The minimum Gasteiger partial charge on any atom is -0.410 e. The van der Waals surface area contributed by atoms with Gasteiger partial charge in [0.2, 0.25) is 0 Å². The third kappa shape index (κ3) is 3.23. The maximum atomic E-state index is 10.6. The van der Waals surface area contributed by atoms with E-state index in [0.29, 0.717) is 5.75 Å². The smallest absolute Gasteiger partial charge is 0.409 e. The van der Waals surface area contributed by atoms with Crippen LogP contribution in [-0.2, 0) is 5.41 Å². The highest BCUT2D eigenvalue weighted by Gasteiger charge is 2.17. The molecule has 0 aliphatic rings. The lowest BCUT2D eigenvalue weighted by molar-refractivity contribution is 0.210. The topological polar surface area (TPSA) is 65.2 Å². The van der Waals surface area contributed by atoms with E-state index in [-0.39, 0.29) is 5.41 Å². The molecule has 1 amide bonds. The van der Waals surface area contributed by atoms with Crippen LogP contribution in [0.5, 0.6) is 5.75 Å². The van der Waals surface area contributed by atoms with Crippen LogP contribution in [-0.4, -0.2) is 11.1 Å². The zero-order chi connectivity index (χ0) is 11.6. The fourth-order valence-electron chi connectivity index (χ4n) is 1.20. The number of rotatable bonds is 1. The van der Waals surface area contributed by atoms with E-state index >= 15 is 0 Å². The summed E-state index contributed by atoms with van der Waals surface area (Å²) >= 11 is 0. The molecular formula is C11H16N2O2. The van der Waals surface area contributed by atoms with Crippen molar-refractivity contribution in [3.63, 3.8) is 0 Å². The van der Waals surface area contributed by atoms with Crippen molar-refractivity contribution in [2.45, 2.75) is 33.1 Å². The van der Waals surface area contributed by atoms with Gasteiger partial charge < -0.3 is 10.5 Å². The molecule has 0 saturated heterocycles. The molecule has 0 aliphatic heterocycles. The first-order valence-corrected chi connectivity index (χ1v) is 4.75. The van der Waals surface area contributed by atoms with Gasteiger partial charge in [0.25, 0.3) is 0 Å². The Bertz CT molecular complexity index is 381. The summed E-state index contributed by atoms with van der Waals surface area (Å²) < 4.78 is 4.83. The molecule has 1 aromatic heterocycles. The molecule has 4 heteroatoms. The lowest BCUT2D eigenvalue weighted by atomic mass is 9.91. The average Bonchev–Trinajstić information content (AvgIpc) is 1.99. The molecule has 0 aromatic carbocycles. The maximum Gasteiger partial charge on any atom is 0.409 e. The van der Waals surface area contributed by atoms with Gasteiger partial charge in [-0.3, -0.25) is 4.98 Å². The standard InChI is InChI=1S/C11H16N2O2/c1-7-5-8(15-10(12)14)6-9(13-7)11(2,3)4/h5-6H,1-4H3,(H2,12,14). The molecule has 4 nitrogen and oxygen atoms in total. The predicted octanol–water partition coefficient (Wildman–Crippen LogP) is 2.15. The Labute approximate surface area is 89.5 Å². The van der Waals surface area contributed by atoms with Gasteiger partial charge in [-0.1, -0.05) is 20.8 Å². The first-order chi connectivity index (χ1) is 6.79. The number of primary amides is 1. The summed E-state index contributed by atoms with van der Waals surface area (Å²) in [7, 11) is 0. The fourth-order valence-corrected chi connectivity index (χ4v) is 1.20. The van der Waals surface area contributed by atoms with Gasteiger partial charge in [-0.25, -0.2) is 4.79 Å². The largest absolute Gasteiger partial charge is 0.410 e. The van der Waals surface area contributed by atoms with Crippen molar-refractivity contribution in [3.8, 4) is 5.75 Å². The Morgan fingerprint density at radius 1 is 1.40 bits per heavy atom. The summed E-state index contributed by atoms with van der Waals surface area (Å²) in [5, 5.41) is 0. The summed E-state index contributed by atoms with van der Waals surface area (Å²) in [6, 6.07) is 3.41. The van der Waals surface area contributed by atoms with E-state index in [1.165, 1.54) is 0 Å². The molecule has 0 atom stereocenters. The van der Waals surface area contributed by atoms with Gasteiger partial charge in [0.1, 0.15) is 5.75 Å². The van der Waals surface area contributed by atoms with Gasteiger partial charge in [-0.2, -0.15) is 0 Å². The molecule has 1 rings (SSSR count). The van der Waals surface area contributed by atoms with E-state index in [1.807, 2.05) is 27.7 Å². The van der Waals surface area contributed by atoms with Gasteiger partial charge in [0.15, 0.2) is 0 Å². The first kappa shape index (κ1) is 11.5. The number of nitrogens with two attached hydrogens (primary N) is 1. The number of hydrogen-bond donors (Lipinski definition) is 1. The number of carbonyl (C=O) groups excluding carboxylic acids is 1. The highest BCUT2D eigenvalue weighted by Crippen LogP contribution is 2.24. The number of amides is 1. The molecule has 1 aromatic rings. The van der Waals surface area contributed by atoms with E-state index in [4.69, 9.17) is 10.5 Å². The SMILES string of the molecule is Cc1cc(OC(N)=O)cc(C(C)(C)C)n1. The van der Waals surface area contributed by atoms with Crippen molar-refractivity contribution in [1.82, 2.24) is 4.98 Å². The number of ether oxygens (including phenoxy) is 1. The molecule has 0 aliphatic carbocycles. The molecule has 0 fully saturated rings. The second-order valence-corrected chi connectivity index (χ2v) is 4.50. The van der Waals surface area contributed by atoms with Crippen LogP contribution in [0.4, 0.5) is 4.79 Å². The molecule has 0 bridgehead atoms. The zero-order valence-electron chi connectivity index (χ0n) is 9.50. The summed E-state index contributed by atoms with van der Waals surface area (Å²) in [6.07, 6.45) is -0.805. The van der Waals surface area contributed by atoms with Crippen molar-refractivity contribution >= 4 is 6.09 Å². The minimum atomic E-state index is -0.805. The monoisotopic (exact) mass is 208 g/mol. The maximum absolute atomic E-state index is 10.6. The Morgan fingerprint density at radius 2 is 2.00 bits per heavy atom. The van der Waals surface area contributed by atoms with Gasteiger partial charge in [-0.15, -0.1) is 0 Å². The van der Waals surface area contributed by atoms with Crippen LogP contribution in [0.3, 0.4) is 0 Å². The minimum absolute atomic E-state index is 0.0816. The first-order valence-electron chi connectivity index (χ1n) is 4.75. The number of aromatic nitrogens is 1. The number of nitrogens with zero attached hydrogens (tertiary/aromatic N) is 1. The van der Waals surface area contributed by atoms with Crippen LogP contribution in [0.25, 0.3) is 0 Å². The van der Waals surface area contributed by atoms with Gasteiger partial charge in [0, 0.05) is 28.9 Å². The lowest BCUT2D eigenvalue weighted by Crippen LogP contribution is -2.18. The van der Waals surface area contributed by atoms with Crippen LogP contribution in [0.1, 0.15) is 32.2 Å². The van der Waals surface area contributed by atoms with E-state index in [2.05, 4.69) is 4.98 Å². The van der Waals surface area contributed by atoms with Crippen LogP contribution in [0, 0.1) is 6.92 Å². The third-order valence-corrected chi connectivity index (χ3v) is 1.91. The summed E-state index contributed by atoms with van der Waals surface area (Å²) in [6.45, 7) is 7.98. The molecule has 2 N–H and O–H groups in total. The Hall–Kier alpha value is -1.58. The molecule has 15 heavy (non-hydrogen) atoms. The van der Waals surface area contributed by atoms with Crippen LogP contribution in [0.2, 0.25) is 0 Å². The summed E-state index contributed by atoms with van der Waals surface area (Å²) in [4.78, 5) is 15.0. The normalized spacial score (nSPS) is 11.2. The van der Waals surface area contributed by atoms with Gasteiger partial charge >= 0.3 is 6.09 Å². The number of hydrogen-bond acceptors (Lipinski definition) is 3. The van der Waals surface area contributed by atoms with Crippen molar-refractivity contribution in [2.24, 2.45) is 5.73 Å². The molecule has 0 saturated carbocycles. The highest BCUT2D eigenvalue weighted by atomic mass is 16.5. The summed E-state index contributed by atoms with van der Waals surface area (Å²) in [5.41, 5.74) is 6.55. The van der Waals surface area contributed by atoms with Crippen LogP contribution < -0.4 is 10.5 Å². The highest BCUT2D eigenvalue weighted by molar-refractivity contribution is 5.68. The Balaban J connectivity index is 3.11. The van der Waals surface area contributed by atoms with Crippen molar-refractivity contribution in [2.75, 3.05) is 0 Å². The van der Waals surface area contributed by atoms with Crippen LogP contribution in [0.15, 0.2) is 12.1 Å². The Kier molecular flexibility index (Phi) is 2.98. The molecule has 0 spiro atoms. The van der Waals surface area contributed by atoms with E-state index in [0.717, 1.165) is 11.4 Å². The van der Waals surface area contributed by atoms with Crippen molar-refractivity contribution in [3.05, 3.63) is 23.5 Å². The number of carbonyl (C=O) groups is 1. The van der Waals surface area contributed by atoms with E-state index in [9.17, 15) is 4.79 Å². The second kappa shape index (κ2) is 3.88. The van der Waals surface area contributed by atoms with E-state index < -0.39 is 6.09 Å². The van der Waals surface area contributed by atoms with Crippen molar-refractivity contribution in [1.29, 1.82) is 0 Å². The average molecular weight is 208 g/mol. The molecule has 82 valence electrons. The quantitative estimate of drug-likeness (QED) is 0.769. The predicted molar refractivity (Wildman–Crippen MR) is 57.9 cm³/mol. The fraction of sp³-hybridized carbons (Fsp3) is 0.455. The molecule has 0 radical (unpaired) electrons. The molecule has 0 unspecified atom stereocenters. The molecular weight excluding hydrogens is 192 g/mol. The Morgan fingerprint density at radius 3 is 2.47 bits per heavy atom.